The molecule has 0 spiro atoms. The second kappa shape index (κ2) is 5.87. The molecule has 104 valence electrons. The molecule has 20 heavy (non-hydrogen) atoms. The second-order valence-electron chi connectivity index (χ2n) is 4.04. The van der Waals surface area contributed by atoms with Crippen LogP contribution in [-0.4, -0.2) is 22.0 Å². The molecule has 0 aliphatic rings. The molecule has 0 aliphatic carbocycles. The van der Waals surface area contributed by atoms with Crippen LogP contribution in [0.5, 0.6) is 0 Å². The van der Waals surface area contributed by atoms with E-state index >= 15 is 0 Å². The summed E-state index contributed by atoms with van der Waals surface area (Å²) < 4.78 is 5.90. The van der Waals surface area contributed by atoms with E-state index in [4.69, 9.17) is 9.52 Å². The number of amides is 1. The summed E-state index contributed by atoms with van der Waals surface area (Å²) in [5.41, 5.74) is 0.509. The summed E-state index contributed by atoms with van der Waals surface area (Å²) in [6, 6.07) is 4.69. The Labute approximate surface area is 122 Å². The number of aromatic nitrogens is 1. The number of nitrogens with one attached hydrogen (secondary N) is 1. The zero-order valence-corrected chi connectivity index (χ0v) is 12.1. The Hall–Kier alpha value is -2.15. The third-order valence-electron chi connectivity index (χ3n) is 2.61. The Kier molecular flexibility index (Phi) is 4.19. The molecule has 0 saturated heterocycles. The van der Waals surface area contributed by atoms with Gasteiger partial charge in [-0.25, -0.2) is 9.78 Å². The predicted octanol–water partition coefficient (Wildman–Crippen LogP) is 2.37. The Balaban J connectivity index is 2.01. The topological polar surface area (TPSA) is 92.4 Å². The Morgan fingerprint density at radius 3 is 2.75 bits per heavy atom. The molecule has 2 rings (SSSR count). The van der Waals surface area contributed by atoms with Crippen molar-refractivity contribution in [3.63, 3.8) is 0 Å². The van der Waals surface area contributed by atoms with Gasteiger partial charge in [0.25, 0.3) is 5.91 Å². The van der Waals surface area contributed by atoms with Crippen LogP contribution in [0.25, 0.3) is 0 Å². The summed E-state index contributed by atoms with van der Waals surface area (Å²) in [5, 5.41) is 11.5. The third-order valence-corrected chi connectivity index (χ3v) is 3.08. The zero-order valence-electron chi connectivity index (χ0n) is 10.5. The minimum Gasteiger partial charge on any atom is -0.478 e. The number of pyridine rings is 1. The van der Waals surface area contributed by atoms with Gasteiger partial charge in [0.05, 0.1) is 12.1 Å². The van der Waals surface area contributed by atoms with Gasteiger partial charge in [-0.2, -0.15) is 0 Å². The summed E-state index contributed by atoms with van der Waals surface area (Å²) in [7, 11) is 0. The van der Waals surface area contributed by atoms with Gasteiger partial charge >= 0.3 is 5.97 Å². The monoisotopic (exact) mass is 338 g/mol. The molecule has 0 saturated carbocycles. The number of aryl methyl sites for hydroxylation is 1. The summed E-state index contributed by atoms with van der Waals surface area (Å²) in [5.74, 6) is -0.665. The molecule has 7 heteroatoms. The minimum absolute atomic E-state index is 0.0968. The van der Waals surface area contributed by atoms with Gasteiger partial charge in [0.2, 0.25) is 0 Å². The Morgan fingerprint density at radius 1 is 1.45 bits per heavy atom. The molecule has 0 fully saturated rings. The van der Waals surface area contributed by atoms with Crippen LogP contribution < -0.4 is 5.32 Å². The van der Waals surface area contributed by atoms with E-state index in [2.05, 4.69) is 26.2 Å². The number of carbonyl (C=O) groups is 2. The van der Waals surface area contributed by atoms with E-state index in [1.165, 1.54) is 12.3 Å². The van der Waals surface area contributed by atoms with Gasteiger partial charge in [-0.15, -0.1) is 0 Å². The number of hydrogen-bond acceptors (Lipinski definition) is 4. The average molecular weight is 339 g/mol. The van der Waals surface area contributed by atoms with Crippen molar-refractivity contribution in [3.05, 3.63) is 51.6 Å². The highest BCUT2D eigenvalue weighted by Gasteiger charge is 2.14. The third kappa shape index (κ3) is 3.24. The molecule has 0 aliphatic heterocycles. The molecule has 0 radical (unpaired) electrons. The number of aromatic carboxylic acids is 1. The van der Waals surface area contributed by atoms with Gasteiger partial charge in [-0.05, 0) is 41.1 Å². The maximum atomic E-state index is 11.8. The number of nitrogens with zero attached hydrogens (tertiary/aromatic N) is 1. The van der Waals surface area contributed by atoms with Gasteiger partial charge in [0.15, 0.2) is 0 Å². The van der Waals surface area contributed by atoms with E-state index in [-0.39, 0.29) is 18.0 Å². The number of hydrogen-bond donors (Lipinski definition) is 2. The van der Waals surface area contributed by atoms with E-state index in [1.807, 2.05) is 0 Å². The number of furan rings is 1. The molecule has 0 aromatic carbocycles. The Morgan fingerprint density at radius 2 is 2.20 bits per heavy atom. The van der Waals surface area contributed by atoms with Crippen molar-refractivity contribution in [1.29, 1.82) is 0 Å². The molecule has 2 heterocycles. The maximum Gasteiger partial charge on any atom is 0.339 e. The van der Waals surface area contributed by atoms with Crippen molar-refractivity contribution < 1.29 is 19.1 Å². The number of rotatable bonds is 4. The molecule has 2 N–H and O–H groups in total. The lowest BCUT2D eigenvalue weighted by atomic mass is 10.2. The van der Waals surface area contributed by atoms with Gasteiger partial charge in [0.1, 0.15) is 21.7 Å². The van der Waals surface area contributed by atoms with Gasteiger partial charge < -0.3 is 14.8 Å². The molecule has 6 nitrogen and oxygen atoms in total. The van der Waals surface area contributed by atoms with Crippen molar-refractivity contribution in [2.45, 2.75) is 13.5 Å². The van der Waals surface area contributed by atoms with Crippen molar-refractivity contribution >= 4 is 27.8 Å². The van der Waals surface area contributed by atoms with Crippen LogP contribution in [-0.2, 0) is 6.54 Å². The van der Waals surface area contributed by atoms with Crippen LogP contribution in [0.15, 0.2) is 33.4 Å². The van der Waals surface area contributed by atoms with E-state index in [0.29, 0.717) is 21.7 Å². The van der Waals surface area contributed by atoms with E-state index in [9.17, 15) is 9.59 Å². The number of carboxylic acids is 1. The Bertz CT molecular complexity index is 649. The molecule has 2 aromatic rings. The van der Waals surface area contributed by atoms with Crippen molar-refractivity contribution in [2.75, 3.05) is 0 Å². The first-order valence-electron chi connectivity index (χ1n) is 5.69. The van der Waals surface area contributed by atoms with Crippen molar-refractivity contribution in [3.8, 4) is 0 Å². The lowest BCUT2D eigenvalue weighted by molar-refractivity contribution is 0.0694. The van der Waals surface area contributed by atoms with Crippen molar-refractivity contribution in [1.82, 2.24) is 10.3 Å². The highest BCUT2D eigenvalue weighted by atomic mass is 79.9. The van der Waals surface area contributed by atoms with Crippen LogP contribution in [0, 0.1) is 6.92 Å². The largest absolute Gasteiger partial charge is 0.478 e. The first kappa shape index (κ1) is 14.3. The first-order chi connectivity index (χ1) is 9.47. The van der Waals surface area contributed by atoms with Crippen LogP contribution in [0.2, 0.25) is 0 Å². The molecule has 2 aromatic heterocycles. The highest BCUT2D eigenvalue weighted by Crippen LogP contribution is 2.14. The molecular formula is C13H11BrN2O4. The van der Waals surface area contributed by atoms with Gasteiger partial charge in [0, 0.05) is 6.20 Å². The first-order valence-corrected chi connectivity index (χ1v) is 6.49. The normalized spacial score (nSPS) is 10.3. The standard InChI is InChI=1S/C13H11BrN2O4/c1-7-10(13(18)19)4-9(20-7)6-16-12(17)8-2-3-11(14)15-5-8/h2-5H,6H2,1H3,(H,16,17)(H,18,19). The quantitative estimate of drug-likeness (QED) is 0.835. The van der Waals surface area contributed by atoms with Crippen LogP contribution in [0.3, 0.4) is 0 Å². The van der Waals surface area contributed by atoms with Crippen LogP contribution in [0.1, 0.15) is 32.2 Å². The number of carbonyl (C=O) groups excluding carboxylic acids is 1. The molecule has 0 atom stereocenters. The fourth-order valence-electron chi connectivity index (χ4n) is 1.62. The van der Waals surface area contributed by atoms with Gasteiger partial charge in [-0.3, -0.25) is 4.79 Å². The summed E-state index contributed by atoms with van der Waals surface area (Å²) in [6.07, 6.45) is 1.44. The maximum absolute atomic E-state index is 11.8. The average Bonchev–Trinajstić information content (AvgIpc) is 2.78. The molecule has 0 unspecified atom stereocenters. The fraction of sp³-hybridized carbons (Fsp3) is 0.154. The van der Waals surface area contributed by atoms with Gasteiger partial charge in [-0.1, -0.05) is 0 Å². The van der Waals surface area contributed by atoms with E-state index in [0.717, 1.165) is 0 Å². The van der Waals surface area contributed by atoms with E-state index < -0.39 is 5.97 Å². The van der Waals surface area contributed by atoms with Crippen LogP contribution >= 0.6 is 15.9 Å². The molecule has 0 bridgehead atoms. The smallest absolute Gasteiger partial charge is 0.339 e. The lowest BCUT2D eigenvalue weighted by Gasteiger charge is -2.02. The lowest BCUT2D eigenvalue weighted by Crippen LogP contribution is -2.22. The fourth-order valence-corrected chi connectivity index (χ4v) is 1.86. The highest BCUT2D eigenvalue weighted by molar-refractivity contribution is 9.10. The summed E-state index contributed by atoms with van der Waals surface area (Å²) in [6.45, 7) is 1.68. The number of carboxylic acid groups (broad SMARTS) is 1. The number of halogens is 1. The summed E-state index contributed by atoms with van der Waals surface area (Å²) in [4.78, 5) is 26.6. The van der Waals surface area contributed by atoms with Crippen molar-refractivity contribution in [2.24, 2.45) is 0 Å². The summed E-state index contributed by atoms with van der Waals surface area (Å²) >= 11 is 3.18. The van der Waals surface area contributed by atoms with Crippen LogP contribution in [0.4, 0.5) is 0 Å². The van der Waals surface area contributed by atoms with E-state index in [1.54, 1.807) is 19.1 Å². The zero-order chi connectivity index (χ0) is 14.7. The molecular weight excluding hydrogens is 328 g/mol. The second-order valence-corrected chi connectivity index (χ2v) is 4.85. The minimum atomic E-state index is -1.05. The predicted molar refractivity (Wildman–Crippen MR) is 73.5 cm³/mol. The molecule has 1 amide bonds. The SMILES string of the molecule is Cc1oc(CNC(=O)c2ccc(Br)nc2)cc1C(=O)O.